The first-order chi connectivity index (χ1) is 17.2. The van der Waals surface area contributed by atoms with Crippen LogP contribution in [0, 0.1) is 5.92 Å². The van der Waals surface area contributed by atoms with Crippen molar-refractivity contribution in [1.29, 1.82) is 0 Å². The molecular formula is C25H28N8O3. The van der Waals surface area contributed by atoms with Crippen LogP contribution in [0.3, 0.4) is 0 Å². The molecule has 1 aliphatic rings. The second-order valence-electron chi connectivity index (χ2n) is 9.40. The van der Waals surface area contributed by atoms with Crippen LogP contribution >= 0.6 is 0 Å². The number of hydrogen-bond donors (Lipinski definition) is 2. The molecule has 5 rings (SSSR count). The molecule has 5 heterocycles. The molecule has 4 aromatic heterocycles. The van der Waals surface area contributed by atoms with Gasteiger partial charge in [-0.25, -0.2) is 15.0 Å². The van der Waals surface area contributed by atoms with Crippen LogP contribution in [-0.4, -0.2) is 59.4 Å². The summed E-state index contributed by atoms with van der Waals surface area (Å²) in [5.41, 5.74) is 1.57. The van der Waals surface area contributed by atoms with Crippen molar-refractivity contribution >= 4 is 11.9 Å². The number of anilines is 1. The molecule has 36 heavy (non-hydrogen) atoms. The Balaban J connectivity index is 1.40. The number of carbonyl (C=O) groups is 1. The summed E-state index contributed by atoms with van der Waals surface area (Å²) in [7, 11) is 3.53. The standard InChI is InChI=1S/C25H28N8O3/c1-15(2)22(16-13-27-33(4)14-16)30-24-26-10-8-19(29-24)17-6-5-7-18(28-17)20-12-21(36-31-20)25(35)9-11-32(3)23(25)34/h5-8,10,12-15,22,35H,9,11H2,1-4H3,(H,26,29,30). The summed E-state index contributed by atoms with van der Waals surface area (Å²) in [5, 5.41) is 22.6. The van der Waals surface area contributed by atoms with E-state index in [1.807, 2.05) is 31.6 Å². The van der Waals surface area contributed by atoms with Crippen LogP contribution in [0.15, 0.2) is 53.4 Å². The number of likely N-dealkylation sites (N-methyl/N-ethyl adjacent to an activating group) is 1. The number of nitrogens with zero attached hydrogens (tertiary/aromatic N) is 7. The summed E-state index contributed by atoms with van der Waals surface area (Å²) in [4.78, 5) is 27.7. The first-order valence-corrected chi connectivity index (χ1v) is 11.8. The van der Waals surface area contributed by atoms with Crippen molar-refractivity contribution in [1.82, 2.24) is 34.8 Å². The Labute approximate surface area is 208 Å². The number of hydrogen-bond acceptors (Lipinski definition) is 9. The number of pyridine rings is 1. The molecule has 2 N–H and O–H groups in total. The van der Waals surface area contributed by atoms with Crippen LogP contribution in [0.1, 0.15) is 37.6 Å². The number of aliphatic hydroxyl groups is 1. The maximum atomic E-state index is 12.4. The monoisotopic (exact) mass is 488 g/mol. The van der Waals surface area contributed by atoms with Crippen LogP contribution in [0.25, 0.3) is 22.8 Å². The van der Waals surface area contributed by atoms with Gasteiger partial charge in [0, 0.05) is 51.1 Å². The summed E-state index contributed by atoms with van der Waals surface area (Å²) in [6.45, 7) is 4.69. The van der Waals surface area contributed by atoms with Crippen LogP contribution in [-0.2, 0) is 17.4 Å². The molecular weight excluding hydrogens is 460 g/mol. The van der Waals surface area contributed by atoms with Crippen LogP contribution in [0.5, 0.6) is 0 Å². The van der Waals surface area contributed by atoms with Crippen LogP contribution in [0.4, 0.5) is 5.95 Å². The molecule has 1 amide bonds. The van der Waals surface area contributed by atoms with E-state index in [9.17, 15) is 9.90 Å². The van der Waals surface area contributed by atoms with Gasteiger partial charge in [0.05, 0.1) is 29.3 Å². The number of nitrogens with one attached hydrogen (secondary N) is 1. The summed E-state index contributed by atoms with van der Waals surface area (Å²) < 4.78 is 7.14. The lowest BCUT2D eigenvalue weighted by atomic mass is 9.98. The van der Waals surface area contributed by atoms with Crippen molar-refractivity contribution in [3.05, 3.63) is 60.2 Å². The van der Waals surface area contributed by atoms with E-state index >= 15 is 0 Å². The molecule has 11 heteroatoms. The zero-order valence-electron chi connectivity index (χ0n) is 20.6. The molecule has 2 unspecified atom stereocenters. The lowest BCUT2D eigenvalue weighted by Gasteiger charge is -2.21. The van der Waals surface area contributed by atoms with Gasteiger partial charge in [-0.2, -0.15) is 5.10 Å². The van der Waals surface area contributed by atoms with Gasteiger partial charge >= 0.3 is 0 Å². The summed E-state index contributed by atoms with van der Waals surface area (Å²) in [6, 6.07) is 8.82. The predicted molar refractivity (Wildman–Crippen MR) is 131 cm³/mol. The van der Waals surface area contributed by atoms with E-state index in [0.29, 0.717) is 35.3 Å². The Morgan fingerprint density at radius 1 is 1.11 bits per heavy atom. The fourth-order valence-corrected chi connectivity index (χ4v) is 4.34. The van der Waals surface area contributed by atoms with Gasteiger partial charge in [0.2, 0.25) is 11.5 Å². The second-order valence-corrected chi connectivity index (χ2v) is 9.40. The van der Waals surface area contributed by atoms with Crippen LogP contribution in [0.2, 0.25) is 0 Å². The average Bonchev–Trinajstić information content (AvgIpc) is 3.60. The molecule has 1 saturated heterocycles. The molecule has 2 atom stereocenters. The molecule has 0 bridgehead atoms. The highest BCUT2D eigenvalue weighted by atomic mass is 16.5. The van der Waals surface area contributed by atoms with Crippen molar-refractivity contribution in [2.24, 2.45) is 13.0 Å². The van der Waals surface area contributed by atoms with Crippen molar-refractivity contribution in [2.45, 2.75) is 31.9 Å². The number of likely N-dealkylation sites (tertiary alicyclic amines) is 1. The second kappa shape index (κ2) is 9.15. The van der Waals surface area contributed by atoms with E-state index in [0.717, 1.165) is 5.56 Å². The Morgan fingerprint density at radius 3 is 2.53 bits per heavy atom. The van der Waals surface area contributed by atoms with Gasteiger partial charge in [0.25, 0.3) is 5.91 Å². The summed E-state index contributed by atoms with van der Waals surface area (Å²) in [6.07, 6.45) is 5.75. The average molecular weight is 489 g/mol. The number of rotatable bonds is 7. The van der Waals surface area contributed by atoms with E-state index in [-0.39, 0.29) is 24.1 Å². The van der Waals surface area contributed by atoms with Crippen molar-refractivity contribution in [3.8, 4) is 22.8 Å². The Bertz CT molecular complexity index is 1400. The lowest BCUT2D eigenvalue weighted by Crippen LogP contribution is -2.35. The van der Waals surface area contributed by atoms with Gasteiger partial charge in [-0.15, -0.1) is 0 Å². The number of carbonyl (C=O) groups excluding carboxylic acids is 1. The molecule has 11 nitrogen and oxygen atoms in total. The van der Waals surface area contributed by atoms with E-state index in [2.05, 4.69) is 39.4 Å². The third kappa shape index (κ3) is 4.33. The molecule has 1 fully saturated rings. The highest BCUT2D eigenvalue weighted by molar-refractivity contribution is 5.87. The fourth-order valence-electron chi connectivity index (χ4n) is 4.34. The third-order valence-electron chi connectivity index (χ3n) is 6.39. The molecule has 0 radical (unpaired) electrons. The maximum Gasteiger partial charge on any atom is 0.262 e. The highest BCUT2D eigenvalue weighted by Gasteiger charge is 2.48. The number of aromatic nitrogens is 6. The van der Waals surface area contributed by atoms with Crippen molar-refractivity contribution in [2.75, 3.05) is 18.9 Å². The molecule has 4 aromatic rings. The Kier molecular flexibility index (Phi) is 6.00. The minimum atomic E-state index is -1.70. The van der Waals surface area contributed by atoms with Gasteiger partial charge in [0.15, 0.2) is 5.76 Å². The highest BCUT2D eigenvalue weighted by Crippen LogP contribution is 2.34. The SMILES string of the molecule is CC(C)C(Nc1nccc(-c2cccc(-c3cc(C4(O)CCN(C)C4=O)on3)n2)n1)c1cnn(C)c1. The topological polar surface area (TPSA) is 135 Å². The predicted octanol–water partition coefficient (Wildman–Crippen LogP) is 2.79. The molecule has 0 aromatic carbocycles. The Hall–Kier alpha value is -4.12. The van der Waals surface area contributed by atoms with E-state index in [1.54, 1.807) is 36.1 Å². The lowest BCUT2D eigenvalue weighted by molar-refractivity contribution is -0.144. The van der Waals surface area contributed by atoms with Gasteiger partial charge in [-0.05, 0) is 24.1 Å². The number of amides is 1. The van der Waals surface area contributed by atoms with Gasteiger partial charge < -0.3 is 19.8 Å². The number of aryl methyl sites for hydroxylation is 1. The van der Waals surface area contributed by atoms with Crippen molar-refractivity contribution in [3.63, 3.8) is 0 Å². The minimum Gasteiger partial charge on any atom is -0.373 e. The maximum absolute atomic E-state index is 12.4. The molecule has 1 aliphatic heterocycles. The van der Waals surface area contributed by atoms with Crippen molar-refractivity contribution < 1.29 is 14.4 Å². The first-order valence-electron chi connectivity index (χ1n) is 11.8. The van der Waals surface area contributed by atoms with E-state index < -0.39 is 11.5 Å². The van der Waals surface area contributed by atoms with Gasteiger partial charge in [0.1, 0.15) is 5.69 Å². The minimum absolute atomic E-state index is 0.00931. The van der Waals surface area contributed by atoms with Crippen LogP contribution < -0.4 is 5.32 Å². The molecule has 0 aliphatic carbocycles. The first kappa shape index (κ1) is 23.6. The quantitative estimate of drug-likeness (QED) is 0.402. The zero-order valence-corrected chi connectivity index (χ0v) is 20.6. The van der Waals surface area contributed by atoms with Gasteiger partial charge in [-0.3, -0.25) is 9.48 Å². The normalized spacial score (nSPS) is 18.7. The summed E-state index contributed by atoms with van der Waals surface area (Å²) >= 11 is 0. The Morgan fingerprint density at radius 2 is 1.86 bits per heavy atom. The smallest absolute Gasteiger partial charge is 0.262 e. The molecule has 186 valence electrons. The van der Waals surface area contributed by atoms with E-state index in [1.165, 1.54) is 4.90 Å². The van der Waals surface area contributed by atoms with Gasteiger partial charge in [-0.1, -0.05) is 25.1 Å². The molecule has 0 saturated carbocycles. The molecule has 0 spiro atoms. The third-order valence-corrected chi connectivity index (χ3v) is 6.39. The summed E-state index contributed by atoms with van der Waals surface area (Å²) in [5.74, 6) is 0.476. The zero-order chi connectivity index (χ0) is 25.4. The largest absolute Gasteiger partial charge is 0.373 e. The van der Waals surface area contributed by atoms with E-state index in [4.69, 9.17) is 9.51 Å². The fraction of sp³-hybridized carbons (Fsp3) is 0.360.